The largest absolute Gasteiger partial charge is 0.480 e. The number of amides is 2. The van der Waals surface area contributed by atoms with Crippen LogP contribution in [0.15, 0.2) is 24.3 Å². The normalized spacial score (nSPS) is 20.6. The molecule has 0 spiro atoms. The van der Waals surface area contributed by atoms with Gasteiger partial charge in [0.2, 0.25) is 0 Å². The molecule has 1 aromatic rings. The van der Waals surface area contributed by atoms with E-state index in [1.54, 1.807) is 31.2 Å². The van der Waals surface area contributed by atoms with Gasteiger partial charge in [0.15, 0.2) is 0 Å². The van der Waals surface area contributed by atoms with Crippen molar-refractivity contribution >= 4 is 17.8 Å². The van der Waals surface area contributed by atoms with Gasteiger partial charge in [0.05, 0.1) is 0 Å². The van der Waals surface area contributed by atoms with Crippen molar-refractivity contribution in [3.63, 3.8) is 0 Å². The van der Waals surface area contributed by atoms with E-state index in [0.29, 0.717) is 30.5 Å². The van der Waals surface area contributed by atoms with Crippen LogP contribution in [0.25, 0.3) is 0 Å². The lowest BCUT2D eigenvalue weighted by Gasteiger charge is -2.31. The Balaban J connectivity index is 2.18. The number of hydrogen-bond acceptors (Lipinski definition) is 3. The van der Waals surface area contributed by atoms with Crippen LogP contribution in [0.3, 0.4) is 0 Å². The van der Waals surface area contributed by atoms with Crippen LogP contribution in [-0.2, 0) is 4.79 Å². The molecule has 124 valence electrons. The lowest BCUT2D eigenvalue weighted by molar-refractivity contribution is -0.147. The Morgan fingerprint density at radius 2 is 1.74 bits per heavy atom. The molecule has 1 saturated heterocycles. The fourth-order valence-electron chi connectivity index (χ4n) is 2.78. The van der Waals surface area contributed by atoms with E-state index in [0.717, 1.165) is 0 Å². The molecule has 0 aromatic heterocycles. The molecule has 0 saturated carbocycles. The predicted molar refractivity (Wildman–Crippen MR) is 85.4 cm³/mol. The molecule has 23 heavy (non-hydrogen) atoms. The number of nitrogens with one attached hydrogen (secondary N) is 1. The van der Waals surface area contributed by atoms with Crippen LogP contribution in [0.4, 0.5) is 0 Å². The molecular weight excluding hydrogens is 296 g/mol. The molecule has 6 nitrogen and oxygen atoms in total. The van der Waals surface area contributed by atoms with E-state index in [2.05, 4.69) is 5.32 Å². The molecule has 2 rings (SSSR count). The third-order valence-corrected chi connectivity index (χ3v) is 4.16. The van der Waals surface area contributed by atoms with E-state index in [-0.39, 0.29) is 17.9 Å². The Kier molecular flexibility index (Phi) is 4.73. The van der Waals surface area contributed by atoms with Crippen molar-refractivity contribution in [2.24, 2.45) is 0 Å². The van der Waals surface area contributed by atoms with Gasteiger partial charge in [-0.05, 0) is 57.9 Å². The van der Waals surface area contributed by atoms with Crippen molar-refractivity contribution in [2.75, 3.05) is 6.54 Å². The average molecular weight is 318 g/mol. The van der Waals surface area contributed by atoms with Crippen LogP contribution in [-0.4, -0.2) is 45.9 Å². The zero-order chi connectivity index (χ0) is 17.2. The van der Waals surface area contributed by atoms with Crippen LogP contribution in [0.2, 0.25) is 0 Å². The standard InChI is InChI=1S/C17H22N2O4/c1-11(2)18-14(20)12-5-7-13(8-6-12)15(21)19-10-4-9-17(19,3)16(22)23/h5-8,11H,4,9-10H2,1-3H3,(H,18,20)(H,22,23). The molecule has 1 aliphatic rings. The van der Waals surface area contributed by atoms with Crippen molar-refractivity contribution < 1.29 is 19.5 Å². The first-order chi connectivity index (χ1) is 10.8. The fourth-order valence-corrected chi connectivity index (χ4v) is 2.78. The van der Waals surface area contributed by atoms with E-state index >= 15 is 0 Å². The zero-order valence-electron chi connectivity index (χ0n) is 13.6. The van der Waals surface area contributed by atoms with E-state index in [1.165, 1.54) is 4.90 Å². The summed E-state index contributed by atoms with van der Waals surface area (Å²) in [7, 11) is 0. The maximum atomic E-state index is 12.6. The maximum Gasteiger partial charge on any atom is 0.329 e. The minimum absolute atomic E-state index is 0.0321. The second kappa shape index (κ2) is 6.40. The van der Waals surface area contributed by atoms with E-state index in [1.807, 2.05) is 13.8 Å². The highest BCUT2D eigenvalue weighted by Crippen LogP contribution is 2.30. The molecule has 0 radical (unpaired) electrons. The summed E-state index contributed by atoms with van der Waals surface area (Å²) in [5, 5.41) is 12.2. The first-order valence-electron chi connectivity index (χ1n) is 7.72. The van der Waals surface area contributed by atoms with Crippen molar-refractivity contribution in [3.8, 4) is 0 Å². The van der Waals surface area contributed by atoms with E-state index in [4.69, 9.17) is 0 Å². The Hall–Kier alpha value is -2.37. The number of carboxylic acids is 1. The quantitative estimate of drug-likeness (QED) is 0.888. The van der Waals surface area contributed by atoms with Gasteiger partial charge in [0.1, 0.15) is 5.54 Å². The number of carbonyl (C=O) groups is 3. The van der Waals surface area contributed by atoms with Crippen molar-refractivity contribution in [1.29, 1.82) is 0 Å². The number of likely N-dealkylation sites (tertiary alicyclic amines) is 1. The minimum atomic E-state index is -1.16. The van der Waals surface area contributed by atoms with Crippen LogP contribution in [0, 0.1) is 0 Å². The van der Waals surface area contributed by atoms with Crippen LogP contribution >= 0.6 is 0 Å². The van der Waals surface area contributed by atoms with Gasteiger partial charge >= 0.3 is 5.97 Å². The number of benzene rings is 1. The number of rotatable bonds is 4. The SMILES string of the molecule is CC(C)NC(=O)c1ccc(C(=O)N2CCCC2(C)C(=O)O)cc1. The fraction of sp³-hybridized carbons (Fsp3) is 0.471. The highest BCUT2D eigenvalue weighted by molar-refractivity contribution is 6.00. The van der Waals surface area contributed by atoms with Gasteiger partial charge in [-0.15, -0.1) is 0 Å². The first kappa shape index (κ1) is 17.0. The van der Waals surface area contributed by atoms with Crippen LogP contribution in [0.1, 0.15) is 54.3 Å². The Morgan fingerprint density at radius 3 is 2.26 bits per heavy atom. The highest BCUT2D eigenvalue weighted by Gasteiger charge is 2.46. The Labute approximate surface area is 135 Å². The summed E-state index contributed by atoms with van der Waals surface area (Å²) in [6.07, 6.45) is 1.12. The Bertz CT molecular complexity index is 624. The summed E-state index contributed by atoms with van der Waals surface area (Å²) in [5.41, 5.74) is -0.303. The number of nitrogens with zero attached hydrogens (tertiary/aromatic N) is 1. The number of carbonyl (C=O) groups excluding carboxylic acids is 2. The van der Waals surface area contributed by atoms with E-state index < -0.39 is 11.5 Å². The zero-order valence-corrected chi connectivity index (χ0v) is 13.6. The molecule has 0 aliphatic carbocycles. The summed E-state index contributed by atoms with van der Waals surface area (Å²) in [6, 6.07) is 6.33. The lowest BCUT2D eigenvalue weighted by Crippen LogP contribution is -2.50. The lowest BCUT2D eigenvalue weighted by atomic mass is 9.98. The third-order valence-electron chi connectivity index (χ3n) is 4.16. The van der Waals surface area contributed by atoms with Gasteiger partial charge in [-0.2, -0.15) is 0 Å². The average Bonchev–Trinajstić information content (AvgIpc) is 2.89. The maximum absolute atomic E-state index is 12.6. The van der Waals surface area contributed by atoms with Gasteiger partial charge in [0, 0.05) is 23.7 Å². The monoisotopic (exact) mass is 318 g/mol. The van der Waals surface area contributed by atoms with Gasteiger partial charge in [-0.1, -0.05) is 0 Å². The van der Waals surface area contributed by atoms with Crippen molar-refractivity contribution in [2.45, 2.75) is 45.2 Å². The second-order valence-corrected chi connectivity index (χ2v) is 6.34. The molecule has 6 heteroatoms. The van der Waals surface area contributed by atoms with Gasteiger partial charge in [-0.25, -0.2) is 4.79 Å². The molecule has 0 bridgehead atoms. The molecule has 1 fully saturated rings. The molecule has 1 aromatic carbocycles. The van der Waals surface area contributed by atoms with Crippen molar-refractivity contribution in [3.05, 3.63) is 35.4 Å². The third kappa shape index (κ3) is 3.36. The molecule has 1 atom stereocenters. The Morgan fingerprint density at radius 1 is 1.17 bits per heavy atom. The summed E-state index contributed by atoms with van der Waals surface area (Å²) >= 11 is 0. The van der Waals surface area contributed by atoms with E-state index in [9.17, 15) is 19.5 Å². The molecule has 1 aliphatic heterocycles. The van der Waals surface area contributed by atoms with Crippen LogP contribution < -0.4 is 5.32 Å². The minimum Gasteiger partial charge on any atom is -0.480 e. The number of aliphatic carboxylic acids is 1. The second-order valence-electron chi connectivity index (χ2n) is 6.34. The summed E-state index contributed by atoms with van der Waals surface area (Å²) in [5.74, 6) is -1.50. The molecular formula is C17H22N2O4. The summed E-state index contributed by atoms with van der Waals surface area (Å²) < 4.78 is 0. The smallest absolute Gasteiger partial charge is 0.329 e. The predicted octanol–water partition coefficient (Wildman–Crippen LogP) is 1.90. The first-order valence-corrected chi connectivity index (χ1v) is 7.72. The van der Waals surface area contributed by atoms with Gasteiger partial charge < -0.3 is 15.3 Å². The number of carboxylic acid groups (broad SMARTS) is 1. The van der Waals surface area contributed by atoms with Gasteiger partial charge in [-0.3, -0.25) is 9.59 Å². The molecule has 2 N–H and O–H groups in total. The molecule has 2 amide bonds. The topological polar surface area (TPSA) is 86.7 Å². The van der Waals surface area contributed by atoms with Crippen molar-refractivity contribution in [1.82, 2.24) is 10.2 Å². The highest BCUT2D eigenvalue weighted by atomic mass is 16.4. The summed E-state index contributed by atoms with van der Waals surface area (Å²) in [6.45, 7) is 5.74. The molecule has 1 heterocycles. The number of hydrogen-bond donors (Lipinski definition) is 2. The summed E-state index contributed by atoms with van der Waals surface area (Å²) in [4.78, 5) is 37.4. The van der Waals surface area contributed by atoms with Crippen LogP contribution in [0.5, 0.6) is 0 Å². The van der Waals surface area contributed by atoms with Gasteiger partial charge in [0.25, 0.3) is 11.8 Å². The molecule has 1 unspecified atom stereocenters.